The minimum absolute atomic E-state index is 0.266. The highest BCUT2D eigenvalue weighted by Crippen LogP contribution is 2.29. The summed E-state index contributed by atoms with van der Waals surface area (Å²) in [6.45, 7) is 6.90. The highest BCUT2D eigenvalue weighted by molar-refractivity contribution is 5.69. The molecule has 0 aliphatic carbocycles. The molecule has 0 atom stereocenters. The smallest absolute Gasteiger partial charge is 0.410 e. The summed E-state index contributed by atoms with van der Waals surface area (Å²) in [4.78, 5) is 13.6. The van der Waals surface area contributed by atoms with Crippen LogP contribution in [-0.2, 0) is 4.74 Å². The largest absolute Gasteiger partial charge is 0.444 e. The predicted octanol–water partition coefficient (Wildman–Crippen LogP) is 3.35. The Labute approximate surface area is 134 Å². The molecule has 1 aliphatic rings. The standard InChI is InChI=1S/C17H20FN3O2/c1-17(2,3)23-16(22)20-9-13(10-20)12-4-6-15(7-5-12)21-11-14(18)8-19-21/h4-8,11,13H,9-10H2,1-3H3. The first-order valence-electron chi connectivity index (χ1n) is 7.60. The molecular weight excluding hydrogens is 297 g/mol. The SMILES string of the molecule is CC(C)(C)OC(=O)N1CC(c2ccc(-n3cc(F)cn3)cc2)C1. The van der Waals surface area contributed by atoms with Crippen LogP contribution in [0, 0.1) is 5.82 Å². The van der Waals surface area contributed by atoms with E-state index in [1.165, 1.54) is 17.1 Å². The number of rotatable bonds is 2. The number of nitrogens with zero attached hydrogens (tertiary/aromatic N) is 3. The second-order valence-corrected chi connectivity index (χ2v) is 6.78. The summed E-state index contributed by atoms with van der Waals surface area (Å²) < 4.78 is 19.8. The molecule has 1 saturated heterocycles. The van der Waals surface area contributed by atoms with E-state index in [4.69, 9.17) is 4.74 Å². The molecule has 5 nitrogen and oxygen atoms in total. The van der Waals surface area contributed by atoms with E-state index < -0.39 is 5.60 Å². The molecule has 0 bridgehead atoms. The van der Waals surface area contributed by atoms with Crippen LogP contribution in [0.1, 0.15) is 32.3 Å². The average molecular weight is 317 g/mol. The second kappa shape index (κ2) is 5.68. The van der Waals surface area contributed by atoms with Crippen LogP contribution in [0.4, 0.5) is 9.18 Å². The molecular formula is C17H20FN3O2. The van der Waals surface area contributed by atoms with Crippen LogP contribution in [0.25, 0.3) is 5.69 Å². The number of likely N-dealkylation sites (tertiary alicyclic amines) is 1. The van der Waals surface area contributed by atoms with Gasteiger partial charge in [-0.05, 0) is 38.5 Å². The lowest BCUT2D eigenvalue weighted by atomic mass is 9.92. The molecule has 0 unspecified atom stereocenters. The topological polar surface area (TPSA) is 47.4 Å². The molecule has 3 rings (SSSR count). The van der Waals surface area contributed by atoms with Crippen molar-refractivity contribution in [1.82, 2.24) is 14.7 Å². The van der Waals surface area contributed by atoms with Crippen molar-refractivity contribution in [3.8, 4) is 5.69 Å². The molecule has 23 heavy (non-hydrogen) atoms. The Hall–Kier alpha value is -2.37. The third-order valence-corrected chi connectivity index (χ3v) is 3.71. The van der Waals surface area contributed by atoms with Gasteiger partial charge in [-0.2, -0.15) is 5.10 Å². The van der Waals surface area contributed by atoms with Gasteiger partial charge in [-0.15, -0.1) is 0 Å². The minimum atomic E-state index is -0.469. The van der Waals surface area contributed by atoms with Crippen LogP contribution in [0.15, 0.2) is 36.7 Å². The van der Waals surface area contributed by atoms with Crippen LogP contribution in [0.2, 0.25) is 0 Å². The van der Waals surface area contributed by atoms with E-state index >= 15 is 0 Å². The van der Waals surface area contributed by atoms with Crippen LogP contribution in [0.5, 0.6) is 0 Å². The van der Waals surface area contributed by atoms with Crippen molar-refractivity contribution in [1.29, 1.82) is 0 Å². The highest BCUT2D eigenvalue weighted by atomic mass is 19.1. The van der Waals surface area contributed by atoms with E-state index in [1.807, 2.05) is 45.0 Å². The van der Waals surface area contributed by atoms with Gasteiger partial charge in [0.2, 0.25) is 0 Å². The van der Waals surface area contributed by atoms with Gasteiger partial charge in [-0.25, -0.2) is 13.9 Å². The van der Waals surface area contributed by atoms with Gasteiger partial charge in [0.1, 0.15) is 5.60 Å². The van der Waals surface area contributed by atoms with E-state index in [0.29, 0.717) is 19.0 Å². The van der Waals surface area contributed by atoms with Crippen molar-refractivity contribution in [2.75, 3.05) is 13.1 Å². The van der Waals surface area contributed by atoms with E-state index in [1.54, 1.807) is 4.90 Å². The molecule has 2 aromatic rings. The quantitative estimate of drug-likeness (QED) is 0.853. The van der Waals surface area contributed by atoms with Crippen molar-refractivity contribution < 1.29 is 13.9 Å². The first kappa shape index (κ1) is 15.5. The maximum absolute atomic E-state index is 13.0. The highest BCUT2D eigenvalue weighted by Gasteiger charge is 2.34. The Bertz CT molecular complexity index is 697. The van der Waals surface area contributed by atoms with Gasteiger partial charge in [-0.1, -0.05) is 12.1 Å². The summed E-state index contributed by atoms with van der Waals surface area (Å²) >= 11 is 0. The molecule has 1 aromatic heterocycles. The molecule has 0 radical (unpaired) electrons. The molecule has 0 saturated carbocycles. The Kier molecular flexibility index (Phi) is 3.83. The third-order valence-electron chi connectivity index (χ3n) is 3.71. The van der Waals surface area contributed by atoms with Gasteiger partial charge < -0.3 is 9.64 Å². The van der Waals surface area contributed by atoms with Crippen LogP contribution in [0.3, 0.4) is 0 Å². The van der Waals surface area contributed by atoms with Gasteiger partial charge in [0, 0.05) is 19.0 Å². The Balaban J connectivity index is 1.59. The molecule has 0 N–H and O–H groups in total. The van der Waals surface area contributed by atoms with E-state index in [-0.39, 0.29) is 11.9 Å². The number of benzene rings is 1. The number of carbonyl (C=O) groups excluding carboxylic acids is 1. The molecule has 1 fully saturated rings. The van der Waals surface area contributed by atoms with Crippen LogP contribution >= 0.6 is 0 Å². The lowest BCUT2D eigenvalue weighted by Crippen LogP contribution is -2.50. The number of ether oxygens (including phenoxy) is 1. The maximum Gasteiger partial charge on any atom is 0.410 e. The number of carbonyl (C=O) groups is 1. The summed E-state index contributed by atoms with van der Waals surface area (Å²) in [6.07, 6.45) is 2.25. The fourth-order valence-corrected chi connectivity index (χ4v) is 2.51. The number of hydrogen-bond donors (Lipinski definition) is 0. The summed E-state index contributed by atoms with van der Waals surface area (Å²) in [6, 6.07) is 7.79. The Morgan fingerprint density at radius 2 is 1.91 bits per heavy atom. The zero-order chi connectivity index (χ0) is 16.6. The van der Waals surface area contributed by atoms with Crippen molar-refractivity contribution in [2.24, 2.45) is 0 Å². The lowest BCUT2D eigenvalue weighted by Gasteiger charge is -2.40. The fourth-order valence-electron chi connectivity index (χ4n) is 2.51. The first-order valence-corrected chi connectivity index (χ1v) is 7.60. The molecule has 0 spiro atoms. The molecule has 1 aliphatic heterocycles. The van der Waals surface area contributed by atoms with Gasteiger partial charge in [-0.3, -0.25) is 0 Å². The fraction of sp³-hybridized carbons (Fsp3) is 0.412. The molecule has 6 heteroatoms. The second-order valence-electron chi connectivity index (χ2n) is 6.78. The summed E-state index contributed by atoms with van der Waals surface area (Å²) in [5.74, 6) is -0.0491. The van der Waals surface area contributed by atoms with Crippen molar-refractivity contribution in [3.63, 3.8) is 0 Å². The van der Waals surface area contributed by atoms with Crippen LogP contribution < -0.4 is 0 Å². The number of hydrogen-bond acceptors (Lipinski definition) is 3. The van der Waals surface area contributed by atoms with Crippen molar-refractivity contribution in [2.45, 2.75) is 32.3 Å². The molecule has 1 aromatic carbocycles. The predicted molar refractivity (Wildman–Crippen MR) is 84.1 cm³/mol. The molecule has 2 heterocycles. The number of aromatic nitrogens is 2. The lowest BCUT2D eigenvalue weighted by molar-refractivity contribution is 0.00819. The van der Waals surface area contributed by atoms with Crippen molar-refractivity contribution in [3.05, 3.63) is 48.0 Å². The van der Waals surface area contributed by atoms with Crippen LogP contribution in [-0.4, -0.2) is 39.5 Å². The van der Waals surface area contributed by atoms with E-state index in [9.17, 15) is 9.18 Å². The van der Waals surface area contributed by atoms with Gasteiger partial charge in [0.05, 0.1) is 18.1 Å². The van der Waals surface area contributed by atoms with Gasteiger partial charge in [0.15, 0.2) is 5.82 Å². The summed E-state index contributed by atoms with van der Waals surface area (Å²) in [5, 5.41) is 3.94. The summed E-state index contributed by atoms with van der Waals surface area (Å²) in [7, 11) is 0. The average Bonchev–Trinajstić information content (AvgIpc) is 2.82. The first-order chi connectivity index (χ1) is 10.8. The monoisotopic (exact) mass is 317 g/mol. The minimum Gasteiger partial charge on any atom is -0.444 e. The summed E-state index contributed by atoms with van der Waals surface area (Å²) in [5.41, 5.74) is 1.49. The third kappa shape index (κ3) is 3.52. The van der Waals surface area contributed by atoms with Gasteiger partial charge >= 0.3 is 6.09 Å². The maximum atomic E-state index is 13.0. The number of amides is 1. The number of halogens is 1. The van der Waals surface area contributed by atoms with E-state index in [0.717, 1.165) is 11.3 Å². The zero-order valence-corrected chi connectivity index (χ0v) is 13.5. The Morgan fingerprint density at radius 1 is 1.26 bits per heavy atom. The zero-order valence-electron chi connectivity index (χ0n) is 13.5. The Morgan fingerprint density at radius 3 is 2.43 bits per heavy atom. The normalized spacial score (nSPS) is 15.4. The molecule has 122 valence electrons. The van der Waals surface area contributed by atoms with E-state index in [2.05, 4.69) is 5.10 Å². The molecule has 1 amide bonds. The van der Waals surface area contributed by atoms with Crippen molar-refractivity contribution >= 4 is 6.09 Å². The van der Waals surface area contributed by atoms with Gasteiger partial charge in [0.25, 0.3) is 0 Å².